The molecule has 41 heavy (non-hydrogen) atoms. The maximum absolute atomic E-state index is 13.3. The van der Waals surface area contributed by atoms with Crippen LogP contribution < -0.4 is 10.2 Å². The molecule has 0 radical (unpaired) electrons. The first kappa shape index (κ1) is 26.3. The molecule has 0 aliphatic carbocycles. The van der Waals surface area contributed by atoms with Crippen molar-refractivity contribution in [2.75, 3.05) is 11.4 Å². The first-order valence-corrected chi connectivity index (χ1v) is 14.1. The summed E-state index contributed by atoms with van der Waals surface area (Å²) < 4.78 is 0. The lowest BCUT2D eigenvalue weighted by atomic mass is 9.96. The molecule has 0 spiro atoms. The standard InChI is InChI=1S/C36H32N2O3/c1-24(30-14-6-9-26-8-2-3-11-31(26)30)37-35(39)29-19-20-34-28(22-29)10-7-21-38(34)23-25-15-17-27(18-16-25)32-12-4-5-13-33(32)36(40)41/h2-6,8-9,11-20,22,24H,7,10,21,23H2,1H3,(H,37,39)(H,40,41)/t24-/m0/s1. The molecule has 0 aromatic heterocycles. The number of hydrogen-bond donors (Lipinski definition) is 2. The molecule has 1 aliphatic rings. The second kappa shape index (κ2) is 11.3. The summed E-state index contributed by atoms with van der Waals surface area (Å²) >= 11 is 0. The number of carbonyl (C=O) groups excluding carboxylic acids is 1. The topological polar surface area (TPSA) is 69.6 Å². The summed E-state index contributed by atoms with van der Waals surface area (Å²) in [6, 6.07) is 35.6. The molecule has 0 unspecified atom stereocenters. The molecular formula is C36H32N2O3. The Labute approximate surface area is 240 Å². The number of carboxylic acid groups (broad SMARTS) is 1. The van der Waals surface area contributed by atoms with E-state index in [0.717, 1.165) is 59.3 Å². The summed E-state index contributed by atoms with van der Waals surface area (Å²) in [6.07, 6.45) is 1.96. The van der Waals surface area contributed by atoms with Crippen molar-refractivity contribution < 1.29 is 14.7 Å². The maximum Gasteiger partial charge on any atom is 0.336 e. The van der Waals surface area contributed by atoms with Gasteiger partial charge in [0.15, 0.2) is 0 Å². The molecule has 2 N–H and O–H groups in total. The van der Waals surface area contributed by atoms with Gasteiger partial charge in [0.25, 0.3) is 5.91 Å². The zero-order valence-corrected chi connectivity index (χ0v) is 23.0. The minimum Gasteiger partial charge on any atom is -0.478 e. The molecule has 1 amide bonds. The van der Waals surface area contributed by atoms with Gasteiger partial charge in [0.05, 0.1) is 11.6 Å². The minimum absolute atomic E-state index is 0.0670. The molecule has 0 bridgehead atoms. The van der Waals surface area contributed by atoms with E-state index in [4.69, 9.17) is 0 Å². The van der Waals surface area contributed by atoms with Crippen molar-refractivity contribution >= 4 is 28.3 Å². The number of aromatic carboxylic acids is 1. The zero-order valence-electron chi connectivity index (χ0n) is 23.0. The number of amides is 1. The number of carboxylic acids is 1. The summed E-state index contributed by atoms with van der Waals surface area (Å²) in [6.45, 7) is 3.73. The van der Waals surface area contributed by atoms with E-state index in [0.29, 0.717) is 11.1 Å². The number of nitrogens with one attached hydrogen (secondary N) is 1. The van der Waals surface area contributed by atoms with Gasteiger partial charge >= 0.3 is 5.97 Å². The number of anilines is 1. The van der Waals surface area contributed by atoms with Crippen LogP contribution in [0.25, 0.3) is 21.9 Å². The highest BCUT2D eigenvalue weighted by molar-refractivity contribution is 5.96. The summed E-state index contributed by atoms with van der Waals surface area (Å²) in [4.78, 5) is 27.3. The Kier molecular flexibility index (Phi) is 7.26. The van der Waals surface area contributed by atoms with Crippen molar-refractivity contribution in [2.24, 2.45) is 0 Å². The van der Waals surface area contributed by atoms with Gasteiger partial charge in [0.1, 0.15) is 0 Å². The molecule has 5 nitrogen and oxygen atoms in total. The molecular weight excluding hydrogens is 508 g/mol. The van der Waals surface area contributed by atoms with Crippen LogP contribution in [-0.2, 0) is 13.0 Å². The molecule has 0 saturated heterocycles. The summed E-state index contributed by atoms with van der Waals surface area (Å²) in [5.41, 5.74) is 7.20. The van der Waals surface area contributed by atoms with Gasteiger partial charge in [0, 0.05) is 24.3 Å². The molecule has 0 fully saturated rings. The average molecular weight is 541 g/mol. The van der Waals surface area contributed by atoms with E-state index in [1.807, 2.05) is 61.5 Å². The van der Waals surface area contributed by atoms with E-state index in [-0.39, 0.29) is 11.9 Å². The van der Waals surface area contributed by atoms with Gasteiger partial charge in [-0.15, -0.1) is 0 Å². The third-order valence-corrected chi connectivity index (χ3v) is 7.99. The van der Waals surface area contributed by atoms with Crippen molar-refractivity contribution in [2.45, 2.75) is 32.4 Å². The van der Waals surface area contributed by atoms with E-state index in [9.17, 15) is 14.7 Å². The Morgan fingerprint density at radius 1 is 0.878 bits per heavy atom. The van der Waals surface area contributed by atoms with Crippen LogP contribution in [0.4, 0.5) is 5.69 Å². The number of carbonyl (C=O) groups is 2. The van der Waals surface area contributed by atoms with Gasteiger partial charge in [-0.05, 0) is 82.6 Å². The lowest BCUT2D eigenvalue weighted by Crippen LogP contribution is -2.30. The van der Waals surface area contributed by atoms with Crippen LogP contribution in [0.1, 0.15) is 56.8 Å². The molecule has 1 heterocycles. The molecule has 0 saturated carbocycles. The van der Waals surface area contributed by atoms with Crippen LogP contribution in [0.2, 0.25) is 0 Å². The van der Waals surface area contributed by atoms with Crippen LogP contribution in [0, 0.1) is 0 Å². The third-order valence-electron chi connectivity index (χ3n) is 7.99. The lowest BCUT2D eigenvalue weighted by Gasteiger charge is -2.32. The summed E-state index contributed by atoms with van der Waals surface area (Å²) in [5, 5.41) is 15.1. The zero-order chi connectivity index (χ0) is 28.3. The Morgan fingerprint density at radius 2 is 1.63 bits per heavy atom. The predicted molar refractivity (Wildman–Crippen MR) is 164 cm³/mol. The molecule has 6 rings (SSSR count). The Balaban J connectivity index is 1.17. The second-order valence-electron chi connectivity index (χ2n) is 10.7. The van der Waals surface area contributed by atoms with E-state index >= 15 is 0 Å². The maximum atomic E-state index is 13.3. The first-order valence-electron chi connectivity index (χ1n) is 14.1. The number of fused-ring (bicyclic) bond motifs is 2. The number of aryl methyl sites for hydroxylation is 1. The number of benzene rings is 5. The molecule has 5 heteroatoms. The largest absolute Gasteiger partial charge is 0.478 e. The van der Waals surface area contributed by atoms with Crippen LogP contribution in [-0.4, -0.2) is 23.5 Å². The number of nitrogens with zero attached hydrogens (tertiary/aromatic N) is 1. The van der Waals surface area contributed by atoms with Crippen LogP contribution >= 0.6 is 0 Å². The highest BCUT2D eigenvalue weighted by Crippen LogP contribution is 2.31. The van der Waals surface area contributed by atoms with E-state index in [1.165, 1.54) is 10.9 Å². The fourth-order valence-corrected chi connectivity index (χ4v) is 5.90. The second-order valence-corrected chi connectivity index (χ2v) is 10.7. The van der Waals surface area contributed by atoms with Crippen molar-refractivity contribution in [3.8, 4) is 11.1 Å². The molecule has 1 aliphatic heterocycles. The SMILES string of the molecule is C[C@H](NC(=O)c1ccc2c(c1)CCCN2Cc1ccc(-c2ccccc2C(=O)O)cc1)c1cccc2ccccc12. The Morgan fingerprint density at radius 3 is 2.46 bits per heavy atom. The van der Waals surface area contributed by atoms with Crippen LogP contribution in [0.15, 0.2) is 109 Å². The van der Waals surface area contributed by atoms with E-state index < -0.39 is 5.97 Å². The molecule has 204 valence electrons. The van der Waals surface area contributed by atoms with Gasteiger partial charge < -0.3 is 15.3 Å². The van der Waals surface area contributed by atoms with Gasteiger partial charge in [0.2, 0.25) is 0 Å². The van der Waals surface area contributed by atoms with Gasteiger partial charge in [-0.3, -0.25) is 4.79 Å². The quantitative estimate of drug-likeness (QED) is 0.222. The minimum atomic E-state index is -0.925. The predicted octanol–water partition coefficient (Wildman–Crippen LogP) is 7.65. The summed E-state index contributed by atoms with van der Waals surface area (Å²) in [5.74, 6) is -0.992. The number of rotatable bonds is 7. The van der Waals surface area contributed by atoms with Crippen LogP contribution in [0.3, 0.4) is 0 Å². The van der Waals surface area contributed by atoms with Gasteiger partial charge in [-0.1, -0.05) is 84.9 Å². The fraction of sp³-hybridized carbons (Fsp3) is 0.167. The number of hydrogen-bond acceptors (Lipinski definition) is 3. The van der Waals surface area contributed by atoms with Crippen molar-refractivity contribution in [3.63, 3.8) is 0 Å². The first-order chi connectivity index (χ1) is 20.0. The smallest absolute Gasteiger partial charge is 0.336 e. The van der Waals surface area contributed by atoms with Gasteiger partial charge in [-0.25, -0.2) is 4.79 Å². The Hall–Kier alpha value is -4.90. The Bertz CT molecular complexity index is 1740. The lowest BCUT2D eigenvalue weighted by molar-refractivity contribution is 0.0697. The van der Waals surface area contributed by atoms with Crippen LogP contribution in [0.5, 0.6) is 0 Å². The van der Waals surface area contributed by atoms with Crippen molar-refractivity contribution in [3.05, 3.63) is 137 Å². The monoisotopic (exact) mass is 540 g/mol. The highest BCUT2D eigenvalue weighted by Gasteiger charge is 2.20. The fourth-order valence-electron chi connectivity index (χ4n) is 5.90. The van der Waals surface area contributed by atoms with Gasteiger partial charge in [-0.2, -0.15) is 0 Å². The molecule has 1 atom stereocenters. The van der Waals surface area contributed by atoms with E-state index in [1.54, 1.807) is 12.1 Å². The van der Waals surface area contributed by atoms with Crippen molar-refractivity contribution in [1.29, 1.82) is 0 Å². The molecule has 5 aromatic carbocycles. The van der Waals surface area contributed by atoms with E-state index in [2.05, 4.69) is 52.7 Å². The average Bonchev–Trinajstić information content (AvgIpc) is 3.01. The summed E-state index contributed by atoms with van der Waals surface area (Å²) in [7, 11) is 0. The normalized spacial score (nSPS) is 13.4. The van der Waals surface area contributed by atoms with Crippen molar-refractivity contribution in [1.82, 2.24) is 5.32 Å². The molecule has 5 aromatic rings. The highest BCUT2D eigenvalue weighted by atomic mass is 16.4. The third kappa shape index (κ3) is 5.44.